The van der Waals surface area contributed by atoms with Crippen molar-refractivity contribution in [1.29, 1.82) is 0 Å². The highest BCUT2D eigenvalue weighted by Gasteiger charge is 2.22. The zero-order valence-electron chi connectivity index (χ0n) is 11.8. The summed E-state index contributed by atoms with van der Waals surface area (Å²) in [7, 11) is 1.61. The van der Waals surface area contributed by atoms with Gasteiger partial charge in [-0.05, 0) is 51.3 Å². The summed E-state index contributed by atoms with van der Waals surface area (Å²) in [4.78, 5) is 0. The highest BCUT2D eigenvalue weighted by atomic mass is 16.5. The summed E-state index contributed by atoms with van der Waals surface area (Å²) in [5, 5.41) is 16.5. The summed E-state index contributed by atoms with van der Waals surface area (Å²) in [6.45, 7) is 4.39. The van der Waals surface area contributed by atoms with Crippen molar-refractivity contribution < 1.29 is 9.84 Å². The van der Waals surface area contributed by atoms with Crippen molar-refractivity contribution in [3.63, 3.8) is 0 Å². The van der Waals surface area contributed by atoms with Gasteiger partial charge in [0.25, 0.3) is 0 Å². The van der Waals surface area contributed by atoms with Crippen LogP contribution in [0.25, 0.3) is 0 Å². The zero-order chi connectivity index (χ0) is 13.8. The van der Waals surface area contributed by atoms with Crippen molar-refractivity contribution in [3.8, 4) is 11.5 Å². The average Bonchev–Trinajstić information content (AvgIpc) is 2.40. The number of ether oxygens (including phenoxy) is 1. The number of hydrogen-bond donors (Lipinski definition) is 1. The van der Waals surface area contributed by atoms with Gasteiger partial charge in [-0.2, -0.15) is 5.10 Å². The molecule has 0 unspecified atom stereocenters. The summed E-state index contributed by atoms with van der Waals surface area (Å²) in [6, 6.07) is 6.06. The Morgan fingerprint density at radius 2 is 2.00 bits per heavy atom. The molecule has 4 nitrogen and oxygen atoms in total. The molecule has 1 fully saturated rings. The molecule has 1 aliphatic rings. The van der Waals surface area contributed by atoms with E-state index in [-0.39, 0.29) is 5.75 Å². The van der Waals surface area contributed by atoms with Crippen LogP contribution in [0.5, 0.6) is 11.5 Å². The highest BCUT2D eigenvalue weighted by Crippen LogP contribution is 2.24. The molecule has 0 bridgehead atoms. The molecular weight excluding hydrogens is 240 g/mol. The third-order valence-electron chi connectivity index (χ3n) is 3.71. The van der Waals surface area contributed by atoms with Crippen LogP contribution in [0.15, 0.2) is 23.3 Å². The van der Waals surface area contributed by atoms with E-state index in [1.165, 1.54) is 19.3 Å². The molecule has 0 aliphatic carbocycles. The first-order valence-electron chi connectivity index (χ1n) is 6.81. The maximum atomic E-state index is 9.83. The van der Waals surface area contributed by atoms with Crippen molar-refractivity contribution >= 4 is 6.21 Å². The highest BCUT2D eigenvalue weighted by molar-refractivity contribution is 5.83. The monoisotopic (exact) mass is 262 g/mol. The van der Waals surface area contributed by atoms with Crippen LogP contribution in [-0.4, -0.2) is 35.5 Å². The number of rotatable bonds is 3. The van der Waals surface area contributed by atoms with E-state index < -0.39 is 0 Å². The van der Waals surface area contributed by atoms with Gasteiger partial charge in [-0.1, -0.05) is 0 Å². The molecule has 1 aliphatic heterocycles. The SMILES string of the molecule is COc1ccc(O)c(/C=N/N2[C@H](C)CCC[C@H]2C)c1. The normalized spacial score (nSPS) is 23.8. The predicted molar refractivity (Wildman–Crippen MR) is 76.9 cm³/mol. The quantitative estimate of drug-likeness (QED) is 0.852. The van der Waals surface area contributed by atoms with Crippen LogP contribution in [0.4, 0.5) is 0 Å². The lowest BCUT2D eigenvalue weighted by atomic mass is 10.00. The van der Waals surface area contributed by atoms with E-state index in [1.54, 1.807) is 31.5 Å². The van der Waals surface area contributed by atoms with Gasteiger partial charge >= 0.3 is 0 Å². The molecule has 0 spiro atoms. The number of phenols is 1. The molecule has 0 aromatic heterocycles. The van der Waals surface area contributed by atoms with Gasteiger partial charge in [-0.3, -0.25) is 5.01 Å². The molecule has 0 amide bonds. The fourth-order valence-corrected chi connectivity index (χ4v) is 2.53. The molecule has 1 N–H and O–H groups in total. The lowest BCUT2D eigenvalue weighted by Gasteiger charge is -2.36. The molecule has 2 atom stereocenters. The smallest absolute Gasteiger partial charge is 0.124 e. The lowest BCUT2D eigenvalue weighted by Crippen LogP contribution is -2.39. The van der Waals surface area contributed by atoms with Crippen LogP contribution in [0.2, 0.25) is 0 Å². The van der Waals surface area contributed by atoms with Crippen LogP contribution in [0.3, 0.4) is 0 Å². The Morgan fingerprint density at radius 1 is 1.32 bits per heavy atom. The van der Waals surface area contributed by atoms with Gasteiger partial charge in [0, 0.05) is 17.6 Å². The van der Waals surface area contributed by atoms with Crippen molar-refractivity contribution in [2.45, 2.75) is 45.2 Å². The van der Waals surface area contributed by atoms with E-state index in [1.807, 2.05) is 0 Å². The number of methoxy groups -OCH3 is 1. The van der Waals surface area contributed by atoms with Crippen molar-refractivity contribution in [3.05, 3.63) is 23.8 Å². The van der Waals surface area contributed by atoms with Crippen LogP contribution in [0.1, 0.15) is 38.7 Å². The Hall–Kier alpha value is -1.71. The Bertz CT molecular complexity index is 449. The Morgan fingerprint density at radius 3 is 2.63 bits per heavy atom. The second-order valence-corrected chi connectivity index (χ2v) is 5.18. The maximum Gasteiger partial charge on any atom is 0.124 e. The van der Waals surface area contributed by atoms with Crippen LogP contribution in [0, 0.1) is 0 Å². The molecule has 1 saturated heterocycles. The summed E-state index contributed by atoms with van der Waals surface area (Å²) in [5.74, 6) is 0.945. The van der Waals surface area contributed by atoms with E-state index in [2.05, 4.69) is 24.0 Å². The lowest BCUT2D eigenvalue weighted by molar-refractivity contribution is 0.109. The fraction of sp³-hybridized carbons (Fsp3) is 0.533. The first-order chi connectivity index (χ1) is 9.11. The number of hydrazone groups is 1. The Balaban J connectivity index is 2.17. The number of aromatic hydroxyl groups is 1. The van der Waals surface area contributed by atoms with Gasteiger partial charge in [-0.15, -0.1) is 0 Å². The zero-order valence-corrected chi connectivity index (χ0v) is 11.8. The average molecular weight is 262 g/mol. The third-order valence-corrected chi connectivity index (χ3v) is 3.71. The second kappa shape index (κ2) is 5.95. The van der Waals surface area contributed by atoms with Gasteiger partial charge in [0.1, 0.15) is 11.5 Å². The predicted octanol–water partition coefficient (Wildman–Crippen LogP) is 3.00. The summed E-state index contributed by atoms with van der Waals surface area (Å²) in [6.07, 6.45) is 5.33. The molecule has 4 heteroatoms. The molecule has 0 radical (unpaired) electrons. The molecule has 19 heavy (non-hydrogen) atoms. The van der Waals surface area contributed by atoms with E-state index in [4.69, 9.17) is 4.74 Å². The molecular formula is C15H22N2O2. The minimum absolute atomic E-state index is 0.224. The number of nitrogens with zero attached hydrogens (tertiary/aromatic N) is 2. The van der Waals surface area contributed by atoms with E-state index in [9.17, 15) is 5.11 Å². The maximum absolute atomic E-state index is 9.83. The van der Waals surface area contributed by atoms with E-state index in [0.717, 1.165) is 5.75 Å². The standard InChI is InChI=1S/C15H22N2O2/c1-11-5-4-6-12(2)17(11)16-10-13-9-14(19-3)7-8-15(13)18/h7-12,18H,4-6H2,1-3H3/b16-10+/t11-,12-/m1/s1. The molecule has 1 heterocycles. The second-order valence-electron chi connectivity index (χ2n) is 5.18. The van der Waals surface area contributed by atoms with Gasteiger partial charge in [0.05, 0.1) is 13.3 Å². The minimum Gasteiger partial charge on any atom is -0.507 e. The number of hydrogen-bond acceptors (Lipinski definition) is 4. The third kappa shape index (κ3) is 3.19. The minimum atomic E-state index is 0.224. The molecule has 104 valence electrons. The van der Waals surface area contributed by atoms with Crippen LogP contribution in [-0.2, 0) is 0 Å². The van der Waals surface area contributed by atoms with Crippen molar-refractivity contribution in [2.75, 3.05) is 7.11 Å². The first-order valence-corrected chi connectivity index (χ1v) is 6.81. The molecule has 1 aromatic carbocycles. The van der Waals surface area contributed by atoms with Gasteiger partial charge in [0.2, 0.25) is 0 Å². The fourth-order valence-electron chi connectivity index (χ4n) is 2.53. The van der Waals surface area contributed by atoms with E-state index in [0.29, 0.717) is 17.6 Å². The number of benzene rings is 1. The van der Waals surface area contributed by atoms with Crippen molar-refractivity contribution in [1.82, 2.24) is 5.01 Å². The van der Waals surface area contributed by atoms with Crippen LogP contribution >= 0.6 is 0 Å². The first kappa shape index (κ1) is 13.7. The van der Waals surface area contributed by atoms with Gasteiger partial charge < -0.3 is 9.84 Å². The topological polar surface area (TPSA) is 45.1 Å². The van der Waals surface area contributed by atoms with Gasteiger partial charge in [0.15, 0.2) is 0 Å². The van der Waals surface area contributed by atoms with Crippen LogP contribution < -0.4 is 4.74 Å². The Labute approximate surface area is 114 Å². The summed E-state index contributed by atoms with van der Waals surface area (Å²) >= 11 is 0. The summed E-state index contributed by atoms with van der Waals surface area (Å²) in [5.41, 5.74) is 0.685. The Kier molecular flexibility index (Phi) is 4.30. The number of piperidine rings is 1. The summed E-state index contributed by atoms with van der Waals surface area (Å²) < 4.78 is 5.16. The molecule has 1 aromatic rings. The van der Waals surface area contributed by atoms with E-state index >= 15 is 0 Å². The largest absolute Gasteiger partial charge is 0.507 e. The molecule has 0 saturated carbocycles. The van der Waals surface area contributed by atoms with Crippen molar-refractivity contribution in [2.24, 2.45) is 5.10 Å². The number of phenolic OH excluding ortho intramolecular Hbond substituents is 1. The molecule has 2 rings (SSSR count). The van der Waals surface area contributed by atoms with Gasteiger partial charge in [-0.25, -0.2) is 0 Å².